The summed E-state index contributed by atoms with van der Waals surface area (Å²) in [5.74, 6) is 0.725. The molecule has 0 aromatic carbocycles. The first-order valence-corrected chi connectivity index (χ1v) is 9.41. The zero-order valence-electron chi connectivity index (χ0n) is 14.7. The molecular formula is C18H29N3OS. The smallest absolute Gasteiger partial charge is 0.230 e. The molecule has 1 amide bonds. The average Bonchev–Trinajstić information content (AvgIpc) is 2.53. The van der Waals surface area contributed by atoms with Crippen LogP contribution in [0, 0.1) is 0 Å². The molecule has 128 valence electrons. The van der Waals surface area contributed by atoms with Gasteiger partial charge in [0.25, 0.3) is 0 Å². The Morgan fingerprint density at radius 2 is 1.96 bits per heavy atom. The second-order valence-corrected chi connectivity index (χ2v) is 9.04. The normalized spacial score (nSPS) is 18.6. The summed E-state index contributed by atoms with van der Waals surface area (Å²) in [6, 6.07) is 4.90. The van der Waals surface area contributed by atoms with Crippen molar-refractivity contribution < 1.29 is 4.79 Å². The maximum atomic E-state index is 12.0. The molecule has 1 atom stereocenters. The first-order chi connectivity index (χ1) is 10.8. The molecule has 0 spiro atoms. The number of hydrogen-bond donors (Lipinski definition) is 1. The SMILES string of the molecule is C[C@H](c1ccncc1)N1CCC(NC(=O)CSC(C)(C)C)CC1. The third-order valence-electron chi connectivity index (χ3n) is 4.27. The van der Waals surface area contributed by atoms with Crippen LogP contribution in [-0.4, -0.2) is 45.4 Å². The number of hydrogen-bond acceptors (Lipinski definition) is 4. The van der Waals surface area contributed by atoms with Crippen LogP contribution in [0.15, 0.2) is 24.5 Å². The molecule has 5 heteroatoms. The molecule has 1 fully saturated rings. The van der Waals surface area contributed by atoms with Crippen LogP contribution in [0.4, 0.5) is 0 Å². The molecule has 1 aromatic heterocycles. The van der Waals surface area contributed by atoms with E-state index in [-0.39, 0.29) is 10.7 Å². The van der Waals surface area contributed by atoms with Crippen LogP contribution in [0.2, 0.25) is 0 Å². The molecule has 1 N–H and O–H groups in total. The third kappa shape index (κ3) is 6.15. The van der Waals surface area contributed by atoms with Crippen molar-refractivity contribution in [2.75, 3.05) is 18.8 Å². The van der Waals surface area contributed by atoms with Crippen LogP contribution in [0.1, 0.15) is 52.1 Å². The van der Waals surface area contributed by atoms with Gasteiger partial charge in [-0.3, -0.25) is 14.7 Å². The molecule has 0 aliphatic carbocycles. The molecule has 2 rings (SSSR count). The maximum absolute atomic E-state index is 12.0. The number of rotatable bonds is 5. The molecule has 2 heterocycles. The van der Waals surface area contributed by atoms with E-state index in [1.54, 1.807) is 11.8 Å². The van der Waals surface area contributed by atoms with Gasteiger partial charge in [0, 0.05) is 42.3 Å². The molecule has 1 aliphatic heterocycles. The highest BCUT2D eigenvalue weighted by Gasteiger charge is 2.24. The number of nitrogens with zero attached hydrogens (tertiary/aromatic N) is 2. The first-order valence-electron chi connectivity index (χ1n) is 8.42. The molecule has 0 bridgehead atoms. The highest BCUT2D eigenvalue weighted by molar-refractivity contribution is 8.01. The second kappa shape index (κ2) is 8.15. The molecule has 0 radical (unpaired) electrons. The van der Waals surface area contributed by atoms with Crippen LogP contribution in [-0.2, 0) is 4.79 Å². The van der Waals surface area contributed by atoms with Crippen molar-refractivity contribution in [2.45, 2.75) is 57.4 Å². The van der Waals surface area contributed by atoms with Gasteiger partial charge in [0.2, 0.25) is 5.91 Å². The van der Waals surface area contributed by atoms with Crippen molar-refractivity contribution in [1.82, 2.24) is 15.2 Å². The van der Waals surface area contributed by atoms with Gasteiger partial charge in [-0.25, -0.2) is 0 Å². The van der Waals surface area contributed by atoms with Gasteiger partial charge in [-0.05, 0) is 37.5 Å². The van der Waals surface area contributed by atoms with Crippen molar-refractivity contribution in [3.05, 3.63) is 30.1 Å². The van der Waals surface area contributed by atoms with Crippen molar-refractivity contribution >= 4 is 17.7 Å². The van der Waals surface area contributed by atoms with Crippen LogP contribution >= 0.6 is 11.8 Å². The number of carbonyl (C=O) groups excluding carboxylic acids is 1. The molecule has 23 heavy (non-hydrogen) atoms. The molecule has 0 saturated carbocycles. The number of carbonyl (C=O) groups is 1. The molecular weight excluding hydrogens is 306 g/mol. The summed E-state index contributed by atoms with van der Waals surface area (Å²) in [7, 11) is 0. The van der Waals surface area contributed by atoms with E-state index in [1.807, 2.05) is 12.4 Å². The maximum Gasteiger partial charge on any atom is 0.230 e. The first kappa shape index (κ1) is 18.3. The lowest BCUT2D eigenvalue weighted by Crippen LogP contribution is -2.45. The Morgan fingerprint density at radius 1 is 1.35 bits per heavy atom. The predicted octanol–water partition coefficient (Wildman–Crippen LogP) is 3.25. The zero-order chi connectivity index (χ0) is 16.9. The van der Waals surface area contributed by atoms with Crippen LogP contribution < -0.4 is 5.32 Å². The lowest BCUT2D eigenvalue weighted by atomic mass is 10.0. The monoisotopic (exact) mass is 335 g/mol. The number of pyridine rings is 1. The topological polar surface area (TPSA) is 45.2 Å². The second-order valence-electron chi connectivity index (χ2n) is 7.24. The number of amides is 1. The van der Waals surface area contributed by atoms with Crippen LogP contribution in [0.5, 0.6) is 0 Å². The molecule has 1 aliphatic rings. The summed E-state index contributed by atoms with van der Waals surface area (Å²) in [6.45, 7) is 10.7. The number of likely N-dealkylation sites (tertiary alicyclic amines) is 1. The summed E-state index contributed by atoms with van der Waals surface area (Å²) in [5.41, 5.74) is 1.31. The van der Waals surface area contributed by atoms with Crippen LogP contribution in [0.25, 0.3) is 0 Å². The Balaban J connectivity index is 1.74. The van der Waals surface area contributed by atoms with E-state index < -0.39 is 0 Å². The van der Waals surface area contributed by atoms with Crippen molar-refractivity contribution in [3.63, 3.8) is 0 Å². The Labute approximate surface area is 144 Å². The van der Waals surface area contributed by atoms with E-state index in [4.69, 9.17) is 0 Å². The van der Waals surface area contributed by atoms with Gasteiger partial charge in [0.05, 0.1) is 5.75 Å². The summed E-state index contributed by atoms with van der Waals surface area (Å²) >= 11 is 1.70. The van der Waals surface area contributed by atoms with Gasteiger partial charge in [0.15, 0.2) is 0 Å². The van der Waals surface area contributed by atoms with Crippen molar-refractivity contribution in [2.24, 2.45) is 0 Å². The number of aromatic nitrogens is 1. The van der Waals surface area contributed by atoms with E-state index in [1.165, 1.54) is 5.56 Å². The Kier molecular flexibility index (Phi) is 6.48. The number of nitrogens with one attached hydrogen (secondary N) is 1. The Bertz CT molecular complexity index is 493. The summed E-state index contributed by atoms with van der Waals surface area (Å²) in [6.07, 6.45) is 5.76. The largest absolute Gasteiger partial charge is 0.353 e. The molecule has 1 saturated heterocycles. The van der Waals surface area contributed by atoms with Gasteiger partial charge in [-0.1, -0.05) is 20.8 Å². The van der Waals surface area contributed by atoms with Gasteiger partial charge < -0.3 is 5.32 Å². The summed E-state index contributed by atoms with van der Waals surface area (Å²) < 4.78 is 0.140. The molecule has 0 unspecified atom stereocenters. The summed E-state index contributed by atoms with van der Waals surface area (Å²) in [4.78, 5) is 18.6. The van der Waals surface area contributed by atoms with Gasteiger partial charge in [0.1, 0.15) is 0 Å². The van der Waals surface area contributed by atoms with Crippen LogP contribution in [0.3, 0.4) is 0 Å². The number of piperidine rings is 1. The van der Waals surface area contributed by atoms with E-state index in [0.29, 0.717) is 17.8 Å². The van der Waals surface area contributed by atoms with Crippen molar-refractivity contribution in [3.8, 4) is 0 Å². The summed E-state index contributed by atoms with van der Waals surface area (Å²) in [5, 5.41) is 3.19. The minimum Gasteiger partial charge on any atom is -0.353 e. The highest BCUT2D eigenvalue weighted by Crippen LogP contribution is 2.25. The van der Waals surface area contributed by atoms with E-state index in [2.05, 4.69) is 55.0 Å². The lowest BCUT2D eigenvalue weighted by molar-refractivity contribution is -0.119. The average molecular weight is 336 g/mol. The van der Waals surface area contributed by atoms with E-state index >= 15 is 0 Å². The van der Waals surface area contributed by atoms with Gasteiger partial charge in [-0.2, -0.15) is 0 Å². The molecule has 4 nitrogen and oxygen atoms in total. The minimum atomic E-state index is 0.140. The molecule has 1 aromatic rings. The van der Waals surface area contributed by atoms with Gasteiger partial charge >= 0.3 is 0 Å². The lowest BCUT2D eigenvalue weighted by Gasteiger charge is -2.36. The van der Waals surface area contributed by atoms with Crippen molar-refractivity contribution in [1.29, 1.82) is 0 Å². The zero-order valence-corrected chi connectivity index (χ0v) is 15.5. The fraction of sp³-hybridized carbons (Fsp3) is 0.667. The Hall–Kier alpha value is -1.07. The fourth-order valence-electron chi connectivity index (χ4n) is 2.84. The van der Waals surface area contributed by atoms with Gasteiger partial charge in [-0.15, -0.1) is 11.8 Å². The quantitative estimate of drug-likeness (QED) is 0.897. The standard InChI is InChI=1S/C18H29N3OS/c1-14(15-5-9-19-10-6-15)21-11-7-16(8-12-21)20-17(22)13-23-18(2,3)4/h5-6,9-10,14,16H,7-8,11-13H2,1-4H3,(H,20,22)/t14-/m1/s1. The predicted molar refractivity (Wildman–Crippen MR) is 97.6 cm³/mol. The van der Waals surface area contributed by atoms with E-state index in [0.717, 1.165) is 25.9 Å². The van der Waals surface area contributed by atoms with E-state index in [9.17, 15) is 4.79 Å². The fourth-order valence-corrected chi connectivity index (χ4v) is 3.48. The number of thioether (sulfide) groups is 1. The highest BCUT2D eigenvalue weighted by atomic mass is 32.2. The minimum absolute atomic E-state index is 0.140. The Morgan fingerprint density at radius 3 is 2.52 bits per heavy atom. The third-order valence-corrected chi connectivity index (χ3v) is 5.54.